The predicted octanol–water partition coefficient (Wildman–Crippen LogP) is 3.32. The molecule has 1 aliphatic heterocycles. The van der Waals surface area contributed by atoms with Crippen molar-refractivity contribution >= 4 is 42.6 Å². The molecular weight excluding hydrogens is 528 g/mol. The number of carbonyl (C=O) groups excluding carboxylic acids is 1. The third-order valence-electron chi connectivity index (χ3n) is 6.25. The highest BCUT2D eigenvalue weighted by molar-refractivity contribution is 7.89. The molecule has 4 rings (SSSR count). The molecule has 0 N–H and O–H groups in total. The average Bonchev–Trinajstić information content (AvgIpc) is 3.29. The lowest BCUT2D eigenvalue weighted by Crippen LogP contribution is -2.48. The van der Waals surface area contributed by atoms with Crippen LogP contribution in [0.2, 0.25) is 0 Å². The van der Waals surface area contributed by atoms with Gasteiger partial charge in [0.05, 0.1) is 41.5 Å². The monoisotopic (exact) mass is 562 g/mol. The maximum atomic E-state index is 13.7. The van der Waals surface area contributed by atoms with Gasteiger partial charge in [0.15, 0.2) is 16.6 Å². The zero-order valence-corrected chi connectivity index (χ0v) is 24.1. The highest BCUT2D eigenvalue weighted by Crippen LogP contribution is 2.37. The molecule has 206 valence electrons. The lowest BCUT2D eigenvalue weighted by Gasteiger charge is -2.34. The first-order valence-electron chi connectivity index (χ1n) is 12.3. The van der Waals surface area contributed by atoms with Gasteiger partial charge in [-0.25, -0.2) is 13.4 Å². The van der Waals surface area contributed by atoms with E-state index in [0.717, 1.165) is 4.70 Å². The van der Waals surface area contributed by atoms with E-state index in [-0.39, 0.29) is 23.0 Å². The summed E-state index contributed by atoms with van der Waals surface area (Å²) in [5, 5.41) is 0.537. The van der Waals surface area contributed by atoms with Crippen LogP contribution in [0.3, 0.4) is 0 Å². The number of methoxy groups -OCH3 is 2. The number of hydrogen-bond donors (Lipinski definition) is 0. The van der Waals surface area contributed by atoms with Gasteiger partial charge in [-0.3, -0.25) is 9.69 Å². The molecule has 3 aromatic rings. The summed E-state index contributed by atoms with van der Waals surface area (Å²) in [4.78, 5) is 22.1. The SMILES string of the molecule is COc1cc2nc(N(CCN(C)C)C(=O)c3ccc(S(=O)(=O)N4CC(C)OC(C)C4)cc3)sc2cc1OC. The van der Waals surface area contributed by atoms with Crippen molar-refractivity contribution in [1.29, 1.82) is 0 Å². The van der Waals surface area contributed by atoms with Crippen molar-refractivity contribution in [2.45, 2.75) is 31.0 Å². The number of aromatic nitrogens is 1. The van der Waals surface area contributed by atoms with E-state index in [1.54, 1.807) is 37.3 Å². The van der Waals surface area contributed by atoms with Gasteiger partial charge in [0.2, 0.25) is 10.0 Å². The third kappa shape index (κ3) is 5.94. The van der Waals surface area contributed by atoms with E-state index in [2.05, 4.69) is 0 Å². The molecule has 0 saturated carbocycles. The molecule has 1 aromatic heterocycles. The van der Waals surface area contributed by atoms with Crippen LogP contribution >= 0.6 is 11.3 Å². The van der Waals surface area contributed by atoms with Crippen molar-refractivity contribution in [2.75, 3.05) is 59.4 Å². The Bertz CT molecular complexity index is 1340. The second kappa shape index (κ2) is 11.5. The molecule has 1 fully saturated rings. The number of benzene rings is 2. The van der Waals surface area contributed by atoms with Crippen molar-refractivity contribution in [1.82, 2.24) is 14.2 Å². The lowest BCUT2D eigenvalue weighted by molar-refractivity contribution is -0.0440. The second-order valence-corrected chi connectivity index (χ2v) is 12.5. The molecule has 2 heterocycles. The van der Waals surface area contributed by atoms with Gasteiger partial charge in [-0.1, -0.05) is 11.3 Å². The summed E-state index contributed by atoms with van der Waals surface area (Å²) < 4.78 is 45.3. The number of carbonyl (C=O) groups is 1. The van der Waals surface area contributed by atoms with Crippen LogP contribution < -0.4 is 14.4 Å². The number of fused-ring (bicyclic) bond motifs is 1. The van der Waals surface area contributed by atoms with Gasteiger partial charge in [-0.2, -0.15) is 4.31 Å². The molecule has 1 amide bonds. The number of hydrogen-bond acceptors (Lipinski definition) is 9. The summed E-state index contributed by atoms with van der Waals surface area (Å²) in [6.07, 6.45) is -0.373. The van der Waals surface area contributed by atoms with Crippen LogP contribution in [0.15, 0.2) is 41.3 Å². The van der Waals surface area contributed by atoms with Gasteiger partial charge >= 0.3 is 0 Å². The molecule has 12 heteroatoms. The molecule has 38 heavy (non-hydrogen) atoms. The first-order valence-corrected chi connectivity index (χ1v) is 14.5. The summed E-state index contributed by atoms with van der Waals surface area (Å²) in [5.74, 6) is 0.883. The predicted molar refractivity (Wildman–Crippen MR) is 148 cm³/mol. The number of nitrogens with zero attached hydrogens (tertiary/aromatic N) is 4. The first kappa shape index (κ1) is 28.2. The van der Waals surface area contributed by atoms with Crippen molar-refractivity contribution in [2.24, 2.45) is 0 Å². The topological polar surface area (TPSA) is 102 Å². The van der Waals surface area contributed by atoms with Gasteiger partial charge in [0.25, 0.3) is 5.91 Å². The zero-order chi connectivity index (χ0) is 27.6. The minimum Gasteiger partial charge on any atom is -0.493 e. The highest BCUT2D eigenvalue weighted by atomic mass is 32.2. The Morgan fingerprint density at radius 3 is 2.24 bits per heavy atom. The van der Waals surface area contributed by atoms with Gasteiger partial charge in [-0.05, 0) is 52.2 Å². The maximum absolute atomic E-state index is 13.7. The van der Waals surface area contributed by atoms with Crippen LogP contribution in [0.25, 0.3) is 10.2 Å². The fourth-order valence-electron chi connectivity index (χ4n) is 4.34. The summed E-state index contributed by atoms with van der Waals surface area (Å²) >= 11 is 1.38. The zero-order valence-electron chi connectivity index (χ0n) is 22.5. The number of ether oxygens (including phenoxy) is 3. The molecule has 1 aliphatic rings. The molecule has 0 radical (unpaired) electrons. The molecule has 0 spiro atoms. The number of sulfonamides is 1. The first-order chi connectivity index (χ1) is 18.0. The van der Waals surface area contributed by atoms with Crippen molar-refractivity contribution < 1.29 is 27.4 Å². The van der Waals surface area contributed by atoms with E-state index in [1.807, 2.05) is 38.9 Å². The fourth-order valence-corrected chi connectivity index (χ4v) is 6.93. The molecule has 10 nitrogen and oxygen atoms in total. The minimum atomic E-state index is -3.71. The Morgan fingerprint density at radius 1 is 1.05 bits per heavy atom. The Morgan fingerprint density at radius 2 is 1.66 bits per heavy atom. The van der Waals surface area contributed by atoms with Crippen LogP contribution in [0.4, 0.5) is 5.13 Å². The summed E-state index contributed by atoms with van der Waals surface area (Å²) in [7, 11) is 3.30. The van der Waals surface area contributed by atoms with Gasteiger partial charge in [0.1, 0.15) is 0 Å². The third-order valence-corrected chi connectivity index (χ3v) is 9.14. The molecule has 2 atom stereocenters. The normalized spacial score (nSPS) is 18.6. The number of amides is 1. The number of rotatable bonds is 9. The molecule has 1 saturated heterocycles. The van der Waals surface area contributed by atoms with E-state index >= 15 is 0 Å². The summed E-state index contributed by atoms with van der Waals surface area (Å²) in [5.41, 5.74) is 1.07. The van der Waals surface area contributed by atoms with E-state index < -0.39 is 10.0 Å². The largest absolute Gasteiger partial charge is 0.493 e. The van der Waals surface area contributed by atoms with Crippen molar-refractivity contribution in [3.63, 3.8) is 0 Å². The molecule has 0 bridgehead atoms. The van der Waals surface area contributed by atoms with Crippen LogP contribution in [-0.4, -0.2) is 95.2 Å². The number of likely N-dealkylation sites (N-methyl/N-ethyl adjacent to an activating group) is 1. The van der Waals surface area contributed by atoms with E-state index in [0.29, 0.717) is 53.9 Å². The van der Waals surface area contributed by atoms with Gasteiger partial charge in [0, 0.05) is 43.9 Å². The van der Waals surface area contributed by atoms with Crippen LogP contribution in [0.5, 0.6) is 11.5 Å². The van der Waals surface area contributed by atoms with Gasteiger partial charge < -0.3 is 19.1 Å². The van der Waals surface area contributed by atoms with Gasteiger partial charge in [-0.15, -0.1) is 0 Å². The second-order valence-electron chi connectivity index (χ2n) is 9.54. The van der Waals surface area contributed by atoms with Crippen molar-refractivity contribution in [3.8, 4) is 11.5 Å². The standard InChI is InChI=1S/C26H34N4O6S2/c1-17-15-29(16-18(2)36-17)38(32,33)20-9-7-19(8-10-20)25(31)30(12-11-28(3)4)26-27-21-13-22(34-5)23(35-6)14-24(21)37-26/h7-10,13-14,17-18H,11-12,15-16H2,1-6H3. The van der Waals surface area contributed by atoms with Crippen molar-refractivity contribution in [3.05, 3.63) is 42.0 Å². The molecular formula is C26H34N4O6S2. The lowest BCUT2D eigenvalue weighted by atomic mass is 10.2. The van der Waals surface area contributed by atoms with Crippen LogP contribution in [-0.2, 0) is 14.8 Å². The number of thiazole rings is 1. The number of morpholine rings is 1. The Balaban J connectivity index is 1.63. The molecule has 0 aliphatic carbocycles. The smallest absolute Gasteiger partial charge is 0.260 e. The quantitative estimate of drug-likeness (QED) is 0.392. The van der Waals surface area contributed by atoms with E-state index in [9.17, 15) is 13.2 Å². The summed E-state index contributed by atoms with van der Waals surface area (Å²) in [6.45, 7) is 5.32. The summed E-state index contributed by atoms with van der Waals surface area (Å²) in [6, 6.07) is 9.74. The average molecular weight is 563 g/mol. The Hall–Kier alpha value is -2.77. The highest BCUT2D eigenvalue weighted by Gasteiger charge is 2.32. The Labute approximate surface area is 227 Å². The maximum Gasteiger partial charge on any atom is 0.260 e. The molecule has 2 unspecified atom stereocenters. The minimum absolute atomic E-state index is 0.148. The van der Waals surface area contributed by atoms with E-state index in [4.69, 9.17) is 19.2 Å². The fraction of sp³-hybridized carbons (Fsp3) is 0.462. The Kier molecular flexibility index (Phi) is 8.58. The number of anilines is 1. The van der Waals surface area contributed by atoms with Crippen LogP contribution in [0.1, 0.15) is 24.2 Å². The van der Waals surface area contributed by atoms with Crippen LogP contribution in [0, 0.1) is 0 Å². The van der Waals surface area contributed by atoms with E-state index in [1.165, 1.54) is 27.8 Å². The molecule has 2 aromatic carbocycles.